The fourth-order valence-corrected chi connectivity index (χ4v) is 1.70. The van der Waals surface area contributed by atoms with Crippen molar-refractivity contribution < 1.29 is 15.0 Å². The van der Waals surface area contributed by atoms with Gasteiger partial charge in [-0.05, 0) is 22.0 Å². The van der Waals surface area contributed by atoms with Crippen LogP contribution in [0.2, 0.25) is 0 Å². The minimum atomic E-state index is -1.10. The quantitative estimate of drug-likeness (QED) is 0.839. The van der Waals surface area contributed by atoms with E-state index in [0.717, 1.165) is 0 Å². The highest BCUT2D eigenvalue weighted by molar-refractivity contribution is 9.10. The standard InChI is InChI=1S/C8H6BrN3O3/c9-6-4(3-13)11-12-5(8(14)15)1-2-10-7(6)12/h1-2,13H,3H2,(H,14,15). The van der Waals surface area contributed by atoms with Crippen LogP contribution in [0.5, 0.6) is 0 Å². The molecule has 15 heavy (non-hydrogen) atoms. The lowest BCUT2D eigenvalue weighted by atomic mass is 10.4. The summed E-state index contributed by atoms with van der Waals surface area (Å²) in [6.07, 6.45) is 1.38. The van der Waals surface area contributed by atoms with Gasteiger partial charge in [-0.15, -0.1) is 0 Å². The molecule has 2 aromatic heterocycles. The number of carbonyl (C=O) groups is 1. The molecule has 7 heteroatoms. The molecule has 0 amide bonds. The molecule has 2 heterocycles. The first-order chi connectivity index (χ1) is 7.15. The van der Waals surface area contributed by atoms with Gasteiger partial charge in [0.05, 0.1) is 11.1 Å². The van der Waals surface area contributed by atoms with E-state index in [1.54, 1.807) is 0 Å². The molecule has 0 atom stereocenters. The molecule has 0 spiro atoms. The number of halogens is 1. The zero-order valence-electron chi connectivity index (χ0n) is 7.38. The summed E-state index contributed by atoms with van der Waals surface area (Å²) < 4.78 is 1.69. The summed E-state index contributed by atoms with van der Waals surface area (Å²) in [4.78, 5) is 14.8. The van der Waals surface area contributed by atoms with Gasteiger partial charge in [0.25, 0.3) is 0 Å². The second kappa shape index (κ2) is 3.59. The molecule has 0 aliphatic rings. The van der Waals surface area contributed by atoms with E-state index in [1.165, 1.54) is 16.8 Å². The summed E-state index contributed by atoms with van der Waals surface area (Å²) >= 11 is 3.20. The predicted molar refractivity (Wildman–Crippen MR) is 53.6 cm³/mol. The summed E-state index contributed by atoms with van der Waals surface area (Å²) in [6.45, 7) is -0.275. The Morgan fingerprint density at radius 2 is 2.33 bits per heavy atom. The topological polar surface area (TPSA) is 87.7 Å². The van der Waals surface area contributed by atoms with Crippen LogP contribution in [-0.2, 0) is 6.61 Å². The highest BCUT2D eigenvalue weighted by atomic mass is 79.9. The molecular formula is C8H6BrN3O3. The van der Waals surface area contributed by atoms with Gasteiger partial charge in [-0.25, -0.2) is 14.3 Å². The van der Waals surface area contributed by atoms with Crippen LogP contribution >= 0.6 is 15.9 Å². The van der Waals surface area contributed by atoms with E-state index in [-0.39, 0.29) is 12.3 Å². The van der Waals surface area contributed by atoms with Crippen molar-refractivity contribution in [1.82, 2.24) is 14.6 Å². The van der Waals surface area contributed by atoms with Gasteiger partial charge in [-0.2, -0.15) is 5.10 Å². The molecule has 0 saturated heterocycles. The van der Waals surface area contributed by atoms with Crippen molar-refractivity contribution in [3.05, 3.63) is 28.1 Å². The van der Waals surface area contributed by atoms with Crippen LogP contribution in [0.3, 0.4) is 0 Å². The lowest BCUT2D eigenvalue weighted by Crippen LogP contribution is -2.06. The van der Waals surface area contributed by atoms with Crippen molar-refractivity contribution in [2.75, 3.05) is 0 Å². The molecule has 0 radical (unpaired) electrons. The molecule has 0 aliphatic carbocycles. The number of rotatable bonds is 2. The number of hydrogen-bond acceptors (Lipinski definition) is 4. The number of aromatic nitrogens is 3. The van der Waals surface area contributed by atoms with Gasteiger partial charge >= 0.3 is 5.97 Å². The second-order valence-corrected chi connectivity index (χ2v) is 3.58. The molecule has 2 aromatic rings. The molecular weight excluding hydrogens is 266 g/mol. The molecule has 0 unspecified atom stereocenters. The molecule has 2 rings (SSSR count). The lowest BCUT2D eigenvalue weighted by molar-refractivity contribution is 0.0687. The second-order valence-electron chi connectivity index (χ2n) is 2.79. The van der Waals surface area contributed by atoms with Crippen LogP contribution in [0.1, 0.15) is 16.2 Å². The monoisotopic (exact) mass is 271 g/mol. The molecule has 0 aromatic carbocycles. The summed E-state index contributed by atoms with van der Waals surface area (Å²) in [6, 6.07) is 1.34. The van der Waals surface area contributed by atoms with Crippen molar-refractivity contribution in [3.8, 4) is 0 Å². The largest absolute Gasteiger partial charge is 0.477 e. The Morgan fingerprint density at radius 3 is 2.93 bits per heavy atom. The molecule has 0 aliphatic heterocycles. The van der Waals surface area contributed by atoms with Crippen LogP contribution in [-0.4, -0.2) is 30.8 Å². The maximum atomic E-state index is 10.9. The Kier molecular flexibility index (Phi) is 2.41. The van der Waals surface area contributed by atoms with Crippen LogP contribution in [0.25, 0.3) is 5.65 Å². The van der Waals surface area contributed by atoms with E-state index < -0.39 is 5.97 Å². The first-order valence-corrected chi connectivity index (χ1v) is 4.80. The zero-order chi connectivity index (χ0) is 11.0. The van der Waals surface area contributed by atoms with Crippen molar-refractivity contribution >= 4 is 27.5 Å². The summed E-state index contributed by atoms with van der Waals surface area (Å²) in [5.74, 6) is -1.10. The van der Waals surface area contributed by atoms with Gasteiger partial charge < -0.3 is 10.2 Å². The fourth-order valence-electron chi connectivity index (χ4n) is 1.23. The van der Waals surface area contributed by atoms with E-state index in [9.17, 15) is 4.79 Å². The van der Waals surface area contributed by atoms with Crippen molar-refractivity contribution in [2.24, 2.45) is 0 Å². The number of nitrogens with zero attached hydrogens (tertiary/aromatic N) is 3. The van der Waals surface area contributed by atoms with E-state index in [1.807, 2.05) is 0 Å². The van der Waals surface area contributed by atoms with Crippen molar-refractivity contribution in [2.45, 2.75) is 6.61 Å². The Bertz CT molecular complexity index is 537. The highest BCUT2D eigenvalue weighted by Gasteiger charge is 2.15. The highest BCUT2D eigenvalue weighted by Crippen LogP contribution is 2.21. The zero-order valence-corrected chi connectivity index (χ0v) is 8.97. The smallest absolute Gasteiger partial charge is 0.354 e. The molecule has 2 N–H and O–H groups in total. The average molecular weight is 272 g/mol. The molecule has 78 valence electrons. The van der Waals surface area contributed by atoms with E-state index >= 15 is 0 Å². The van der Waals surface area contributed by atoms with Gasteiger partial charge in [-0.1, -0.05) is 0 Å². The summed E-state index contributed by atoms with van der Waals surface area (Å²) in [5, 5.41) is 21.8. The first kappa shape index (κ1) is 10.1. The third kappa shape index (κ3) is 1.49. The van der Waals surface area contributed by atoms with E-state index in [0.29, 0.717) is 15.8 Å². The third-order valence-electron chi connectivity index (χ3n) is 1.90. The maximum Gasteiger partial charge on any atom is 0.354 e. The van der Waals surface area contributed by atoms with Crippen LogP contribution in [0.4, 0.5) is 0 Å². The number of aliphatic hydroxyl groups is 1. The SMILES string of the molecule is O=C(O)c1ccnc2c(Br)c(CO)nn12. The Hall–Kier alpha value is -1.47. The first-order valence-electron chi connectivity index (χ1n) is 4.01. The van der Waals surface area contributed by atoms with E-state index in [2.05, 4.69) is 26.0 Å². The van der Waals surface area contributed by atoms with Crippen LogP contribution in [0, 0.1) is 0 Å². The normalized spacial score (nSPS) is 10.8. The number of carboxylic acids is 1. The summed E-state index contributed by atoms with van der Waals surface area (Å²) in [7, 11) is 0. The summed E-state index contributed by atoms with van der Waals surface area (Å²) in [5.41, 5.74) is 0.732. The molecule has 0 fully saturated rings. The fraction of sp³-hybridized carbons (Fsp3) is 0.125. The van der Waals surface area contributed by atoms with Gasteiger partial charge in [0, 0.05) is 6.20 Å². The van der Waals surface area contributed by atoms with Crippen molar-refractivity contribution in [1.29, 1.82) is 0 Å². The van der Waals surface area contributed by atoms with Gasteiger partial charge in [0.1, 0.15) is 5.69 Å². The predicted octanol–water partition coefficient (Wildman–Crippen LogP) is 0.682. The van der Waals surface area contributed by atoms with Gasteiger partial charge in [0.2, 0.25) is 0 Å². The minimum absolute atomic E-state index is 0.000370. The number of hydrogen-bond donors (Lipinski definition) is 2. The number of aliphatic hydroxyl groups excluding tert-OH is 1. The molecule has 6 nitrogen and oxygen atoms in total. The number of fused-ring (bicyclic) bond motifs is 1. The number of aromatic carboxylic acids is 1. The van der Waals surface area contributed by atoms with E-state index in [4.69, 9.17) is 10.2 Å². The average Bonchev–Trinajstić information content (AvgIpc) is 2.55. The molecule has 0 saturated carbocycles. The third-order valence-corrected chi connectivity index (χ3v) is 2.71. The van der Waals surface area contributed by atoms with Gasteiger partial charge in [0.15, 0.2) is 11.3 Å². The van der Waals surface area contributed by atoms with Crippen molar-refractivity contribution in [3.63, 3.8) is 0 Å². The minimum Gasteiger partial charge on any atom is -0.477 e. The Balaban J connectivity index is 2.81. The Morgan fingerprint density at radius 1 is 1.60 bits per heavy atom. The van der Waals surface area contributed by atoms with Crippen LogP contribution in [0.15, 0.2) is 16.7 Å². The maximum absolute atomic E-state index is 10.9. The Labute approximate surface area is 92.3 Å². The lowest BCUT2D eigenvalue weighted by Gasteiger charge is -1.97. The van der Waals surface area contributed by atoms with Crippen LogP contribution < -0.4 is 0 Å². The number of carboxylic acid groups (broad SMARTS) is 1. The van der Waals surface area contributed by atoms with Gasteiger partial charge in [-0.3, -0.25) is 0 Å². The molecule has 0 bridgehead atoms.